The smallest absolute Gasteiger partial charge is 0.219 e. The van der Waals surface area contributed by atoms with E-state index in [4.69, 9.17) is 4.74 Å². The van der Waals surface area contributed by atoms with E-state index >= 15 is 0 Å². The molecule has 0 bridgehead atoms. The van der Waals surface area contributed by atoms with Gasteiger partial charge in [0.25, 0.3) is 0 Å². The average molecular weight is 296 g/mol. The molecule has 0 N–H and O–H groups in total. The molecule has 2 rings (SSSR count). The summed E-state index contributed by atoms with van der Waals surface area (Å²) in [5, 5.41) is 4.21. The number of nitrogens with zero attached hydrogens (tertiary/aromatic N) is 3. The van der Waals surface area contributed by atoms with Crippen LogP contribution in [0.1, 0.15) is 25.5 Å². The fourth-order valence-corrected chi connectivity index (χ4v) is 1.56. The summed E-state index contributed by atoms with van der Waals surface area (Å²) in [4.78, 5) is 4.18. The Bertz CT molecular complexity index is 522. The van der Waals surface area contributed by atoms with Gasteiger partial charge < -0.3 is 4.74 Å². The molecule has 0 saturated heterocycles. The van der Waals surface area contributed by atoms with Crippen molar-refractivity contribution in [2.75, 3.05) is 0 Å². The highest BCUT2D eigenvalue weighted by Crippen LogP contribution is 2.23. The van der Waals surface area contributed by atoms with Crippen LogP contribution >= 0.6 is 15.9 Å². The van der Waals surface area contributed by atoms with E-state index in [1.807, 2.05) is 23.9 Å². The summed E-state index contributed by atoms with van der Waals surface area (Å²) in [7, 11) is 0. The topological polar surface area (TPSA) is 39.9 Å². The summed E-state index contributed by atoms with van der Waals surface area (Å²) < 4.78 is 8.45. The Morgan fingerprint density at radius 3 is 2.71 bits per heavy atom. The molecule has 17 heavy (non-hydrogen) atoms. The predicted molar refractivity (Wildman–Crippen MR) is 69.4 cm³/mol. The lowest BCUT2D eigenvalue weighted by molar-refractivity contribution is 0.458. The maximum atomic E-state index is 5.63. The minimum Gasteiger partial charge on any atom is -0.436 e. The summed E-state index contributed by atoms with van der Waals surface area (Å²) in [6.45, 7) is 6.13. The Hall–Kier alpha value is -1.36. The first-order valence-corrected chi connectivity index (χ1v) is 6.19. The molecule has 0 aliphatic rings. The number of aromatic nitrogens is 3. The van der Waals surface area contributed by atoms with E-state index in [2.05, 4.69) is 39.9 Å². The van der Waals surface area contributed by atoms with Crippen molar-refractivity contribution in [2.45, 2.75) is 26.8 Å². The van der Waals surface area contributed by atoms with Crippen molar-refractivity contribution < 1.29 is 4.74 Å². The number of hydrogen-bond donors (Lipinski definition) is 0. The van der Waals surface area contributed by atoms with Gasteiger partial charge in [-0.3, -0.25) is 4.68 Å². The van der Waals surface area contributed by atoms with Gasteiger partial charge in [-0.15, -0.1) is 0 Å². The summed E-state index contributed by atoms with van der Waals surface area (Å²) in [5.41, 5.74) is 1.09. The Balaban J connectivity index is 2.16. The quantitative estimate of drug-likeness (QED) is 0.866. The molecular formula is C12H14BrN3O. The van der Waals surface area contributed by atoms with Gasteiger partial charge in [0.05, 0.1) is 12.4 Å². The van der Waals surface area contributed by atoms with Gasteiger partial charge in [-0.1, -0.05) is 0 Å². The van der Waals surface area contributed by atoms with E-state index in [-0.39, 0.29) is 0 Å². The van der Waals surface area contributed by atoms with E-state index in [9.17, 15) is 0 Å². The van der Waals surface area contributed by atoms with Crippen LogP contribution in [0.3, 0.4) is 0 Å². The average Bonchev–Trinajstić information content (AvgIpc) is 2.72. The van der Waals surface area contributed by atoms with E-state index in [0.717, 1.165) is 10.0 Å². The molecule has 0 unspecified atom stereocenters. The lowest BCUT2D eigenvalue weighted by Crippen LogP contribution is -1.99. The van der Waals surface area contributed by atoms with E-state index < -0.39 is 0 Å². The highest BCUT2D eigenvalue weighted by atomic mass is 79.9. The van der Waals surface area contributed by atoms with Crippen molar-refractivity contribution in [1.82, 2.24) is 14.8 Å². The van der Waals surface area contributed by atoms with Crippen LogP contribution in [0.15, 0.2) is 29.1 Å². The summed E-state index contributed by atoms with van der Waals surface area (Å²) >= 11 is 3.40. The fraction of sp³-hybridized carbons (Fsp3) is 0.333. The lowest BCUT2D eigenvalue weighted by atomic mass is 10.3. The first kappa shape index (κ1) is 12.1. The van der Waals surface area contributed by atoms with Crippen LogP contribution in [0.5, 0.6) is 11.6 Å². The van der Waals surface area contributed by atoms with Crippen LogP contribution in [0.2, 0.25) is 0 Å². The van der Waals surface area contributed by atoms with Gasteiger partial charge in [-0.25, -0.2) is 4.98 Å². The largest absolute Gasteiger partial charge is 0.436 e. The third-order valence-electron chi connectivity index (χ3n) is 2.35. The number of halogens is 1. The third-order valence-corrected chi connectivity index (χ3v) is 3.18. The number of hydrogen-bond acceptors (Lipinski definition) is 3. The zero-order valence-corrected chi connectivity index (χ0v) is 11.6. The van der Waals surface area contributed by atoms with Crippen molar-refractivity contribution in [3.8, 4) is 11.6 Å². The highest BCUT2D eigenvalue weighted by Gasteiger charge is 2.05. The third kappa shape index (κ3) is 2.85. The van der Waals surface area contributed by atoms with Gasteiger partial charge in [-0.2, -0.15) is 5.10 Å². The molecule has 0 radical (unpaired) electrons. The zero-order valence-electron chi connectivity index (χ0n) is 10.0. The molecule has 0 atom stereocenters. The van der Waals surface area contributed by atoms with Crippen molar-refractivity contribution in [3.63, 3.8) is 0 Å². The lowest BCUT2D eigenvalue weighted by Gasteiger charge is -2.04. The van der Waals surface area contributed by atoms with Gasteiger partial charge in [0.15, 0.2) is 5.75 Å². The maximum absolute atomic E-state index is 5.63. The predicted octanol–water partition coefficient (Wildman–Crippen LogP) is 3.72. The molecule has 0 aliphatic heterocycles. The molecule has 90 valence electrons. The zero-order chi connectivity index (χ0) is 12.4. The molecule has 2 heterocycles. The standard InChI is InChI=1S/C12H14BrN3O/c1-8(2)16-7-10(5-15-16)17-12-4-9(3)11(13)6-14-12/h4-8H,1-3H3. The van der Waals surface area contributed by atoms with Crippen molar-refractivity contribution in [1.29, 1.82) is 0 Å². The summed E-state index contributed by atoms with van der Waals surface area (Å²) in [6.07, 6.45) is 5.29. The molecule has 2 aromatic heterocycles. The molecule has 2 aromatic rings. The van der Waals surface area contributed by atoms with Crippen LogP contribution in [-0.2, 0) is 0 Å². The fourth-order valence-electron chi connectivity index (χ4n) is 1.35. The van der Waals surface area contributed by atoms with Crippen LogP contribution in [0, 0.1) is 6.92 Å². The summed E-state index contributed by atoms with van der Waals surface area (Å²) in [6, 6.07) is 2.21. The summed E-state index contributed by atoms with van der Waals surface area (Å²) in [5.74, 6) is 1.28. The van der Waals surface area contributed by atoms with Crippen molar-refractivity contribution >= 4 is 15.9 Å². The second-order valence-electron chi connectivity index (χ2n) is 4.12. The monoisotopic (exact) mass is 295 g/mol. The van der Waals surface area contributed by atoms with Gasteiger partial charge >= 0.3 is 0 Å². The van der Waals surface area contributed by atoms with Gasteiger partial charge in [-0.05, 0) is 42.3 Å². The van der Waals surface area contributed by atoms with Gasteiger partial charge in [0.2, 0.25) is 5.88 Å². The van der Waals surface area contributed by atoms with Crippen LogP contribution < -0.4 is 4.74 Å². The second kappa shape index (κ2) is 4.87. The van der Waals surface area contributed by atoms with Crippen molar-refractivity contribution in [2.24, 2.45) is 0 Å². The van der Waals surface area contributed by atoms with E-state index in [1.54, 1.807) is 12.4 Å². The Morgan fingerprint density at radius 1 is 1.35 bits per heavy atom. The normalized spacial score (nSPS) is 10.9. The van der Waals surface area contributed by atoms with Crippen LogP contribution in [0.4, 0.5) is 0 Å². The molecule has 5 heteroatoms. The minimum absolute atomic E-state index is 0.326. The molecule has 0 amide bonds. The number of pyridine rings is 1. The molecule has 0 fully saturated rings. The van der Waals surface area contributed by atoms with E-state index in [0.29, 0.717) is 17.7 Å². The van der Waals surface area contributed by atoms with Crippen molar-refractivity contribution in [3.05, 3.63) is 34.7 Å². The molecular weight excluding hydrogens is 282 g/mol. The highest BCUT2D eigenvalue weighted by molar-refractivity contribution is 9.10. The molecule has 0 saturated carbocycles. The van der Waals surface area contributed by atoms with Gasteiger partial charge in [0, 0.05) is 22.8 Å². The first-order valence-electron chi connectivity index (χ1n) is 5.40. The van der Waals surface area contributed by atoms with Gasteiger partial charge in [0.1, 0.15) is 0 Å². The SMILES string of the molecule is Cc1cc(Oc2cnn(C(C)C)c2)ncc1Br. The molecule has 0 spiro atoms. The Kier molecular flexibility index (Phi) is 3.47. The second-order valence-corrected chi connectivity index (χ2v) is 4.98. The minimum atomic E-state index is 0.326. The number of rotatable bonds is 3. The van der Waals surface area contributed by atoms with Crippen LogP contribution in [-0.4, -0.2) is 14.8 Å². The maximum Gasteiger partial charge on any atom is 0.219 e. The van der Waals surface area contributed by atoms with Crippen LogP contribution in [0.25, 0.3) is 0 Å². The first-order chi connectivity index (χ1) is 8.06. The molecule has 4 nitrogen and oxygen atoms in total. The molecule has 0 aliphatic carbocycles. The number of ether oxygens (including phenoxy) is 1. The van der Waals surface area contributed by atoms with E-state index in [1.165, 1.54) is 0 Å². The number of aryl methyl sites for hydroxylation is 1. The Morgan fingerprint density at radius 2 is 2.12 bits per heavy atom. The Labute approximate surface area is 109 Å². The molecule has 0 aromatic carbocycles.